The van der Waals surface area contributed by atoms with Gasteiger partial charge in [0.25, 0.3) is 0 Å². The maximum absolute atomic E-state index is 12.5. The molecular formula is C24H25ClN2O2P+. The van der Waals surface area contributed by atoms with Crippen LogP contribution in [0.3, 0.4) is 0 Å². The van der Waals surface area contributed by atoms with Crippen molar-refractivity contribution in [1.29, 1.82) is 0 Å². The molecule has 0 aromatic heterocycles. The summed E-state index contributed by atoms with van der Waals surface area (Å²) in [6, 6.07) is 27.4. The number of rotatable bonds is 6. The Labute approximate surface area is 183 Å². The molecule has 0 bridgehead atoms. The van der Waals surface area contributed by atoms with Crippen LogP contribution >= 0.6 is 19.4 Å². The van der Waals surface area contributed by atoms with E-state index in [1.807, 2.05) is 84.9 Å². The summed E-state index contributed by atoms with van der Waals surface area (Å²) in [5, 5.41) is 0.636. The average molecular weight is 440 g/mol. The first kappa shape index (κ1) is 20.9. The summed E-state index contributed by atoms with van der Waals surface area (Å²) in [7, 11) is -2.98. The van der Waals surface area contributed by atoms with E-state index >= 15 is 0 Å². The number of anilines is 2. The SMILES string of the molecule is CC(=O)CC(c1ccc(Cl)cc1)[P+]1(O)N(c2ccccc2)CCN1c1ccccc1. The quantitative estimate of drug-likeness (QED) is 0.468. The van der Waals surface area contributed by atoms with Gasteiger partial charge in [0, 0.05) is 5.02 Å². The van der Waals surface area contributed by atoms with Gasteiger partial charge in [0.2, 0.25) is 0 Å². The average Bonchev–Trinajstić information content (AvgIpc) is 3.12. The summed E-state index contributed by atoms with van der Waals surface area (Å²) in [6.45, 7) is 2.96. The van der Waals surface area contributed by atoms with Gasteiger partial charge >= 0.3 is 7.79 Å². The molecule has 6 heteroatoms. The molecule has 1 heterocycles. The number of Topliss-reactive ketones (excluding diaryl/α,β-unsaturated/α-hetero) is 1. The number of nitrogens with zero attached hydrogens (tertiary/aromatic N) is 2. The van der Waals surface area contributed by atoms with E-state index < -0.39 is 7.79 Å². The standard InChI is InChI=1S/C24H25ClN2O2P/c1-19(28)18-24(20-12-14-21(25)15-13-20)30(29)26(22-8-4-2-5-9-22)16-17-27(30)23-10-6-3-7-11-23/h2-15,24,29H,16-18H2,1H3/q+1. The summed E-state index contributed by atoms with van der Waals surface area (Å²) in [5.74, 6) is 0.0521. The topological polar surface area (TPSA) is 43.8 Å². The molecular weight excluding hydrogens is 415 g/mol. The van der Waals surface area contributed by atoms with Gasteiger partial charge in [-0.15, -0.1) is 0 Å². The van der Waals surface area contributed by atoms with E-state index in [1.54, 1.807) is 6.92 Å². The second kappa shape index (κ2) is 8.77. The Morgan fingerprint density at radius 2 is 1.37 bits per heavy atom. The highest BCUT2D eigenvalue weighted by Gasteiger charge is 2.62. The normalized spacial score (nSPS) is 16.5. The zero-order valence-electron chi connectivity index (χ0n) is 16.9. The summed E-state index contributed by atoms with van der Waals surface area (Å²) < 4.78 is 4.23. The van der Waals surface area contributed by atoms with E-state index in [0.29, 0.717) is 18.1 Å². The molecule has 3 aromatic rings. The lowest BCUT2D eigenvalue weighted by Gasteiger charge is -2.37. The summed E-state index contributed by atoms with van der Waals surface area (Å²) in [4.78, 5) is 24.9. The number of hydrogen-bond acceptors (Lipinski definition) is 4. The zero-order chi connectivity index (χ0) is 21.1. The number of hydrogen-bond donors (Lipinski definition) is 1. The van der Waals surface area contributed by atoms with Crippen LogP contribution < -0.4 is 9.34 Å². The monoisotopic (exact) mass is 439 g/mol. The third-order valence-electron chi connectivity index (χ3n) is 5.50. The van der Waals surface area contributed by atoms with Crippen molar-refractivity contribution in [3.63, 3.8) is 0 Å². The van der Waals surface area contributed by atoms with E-state index in [-0.39, 0.29) is 17.9 Å². The van der Waals surface area contributed by atoms with Crippen LogP contribution in [0.4, 0.5) is 11.4 Å². The number of benzene rings is 3. The molecule has 154 valence electrons. The third kappa shape index (κ3) is 3.96. The molecule has 1 aliphatic heterocycles. The second-order valence-electron chi connectivity index (χ2n) is 7.51. The van der Waals surface area contributed by atoms with Crippen molar-refractivity contribution in [3.05, 3.63) is 95.5 Å². The molecule has 1 aliphatic rings. The number of carbonyl (C=O) groups excluding carboxylic acids is 1. The molecule has 0 saturated carbocycles. The number of ketones is 1. The molecule has 1 saturated heterocycles. The fourth-order valence-electron chi connectivity index (χ4n) is 4.15. The van der Waals surface area contributed by atoms with E-state index in [2.05, 4.69) is 9.34 Å². The molecule has 1 atom stereocenters. The van der Waals surface area contributed by atoms with Crippen molar-refractivity contribution < 1.29 is 9.69 Å². The smallest absolute Gasteiger partial charge is 0.300 e. The summed E-state index contributed by atoms with van der Waals surface area (Å²) in [6.07, 6.45) is 0.262. The lowest BCUT2D eigenvalue weighted by atomic mass is 10.1. The maximum Gasteiger partial charge on any atom is 0.339 e. The molecule has 0 spiro atoms. The van der Waals surface area contributed by atoms with Crippen LogP contribution in [0, 0.1) is 0 Å². The van der Waals surface area contributed by atoms with Gasteiger partial charge in [0.1, 0.15) is 5.78 Å². The Morgan fingerprint density at radius 1 is 0.900 bits per heavy atom. The Kier molecular flexibility index (Phi) is 6.10. The van der Waals surface area contributed by atoms with Gasteiger partial charge in [0.15, 0.2) is 5.66 Å². The summed E-state index contributed by atoms with van der Waals surface area (Å²) >= 11 is 6.12. The van der Waals surface area contributed by atoms with Crippen LogP contribution in [0.25, 0.3) is 0 Å². The predicted molar refractivity (Wildman–Crippen MR) is 126 cm³/mol. The van der Waals surface area contributed by atoms with E-state index in [0.717, 1.165) is 16.9 Å². The predicted octanol–water partition coefficient (Wildman–Crippen LogP) is 6.14. The Morgan fingerprint density at radius 3 is 1.80 bits per heavy atom. The fourth-order valence-corrected chi connectivity index (χ4v) is 7.99. The minimum Gasteiger partial charge on any atom is -0.300 e. The largest absolute Gasteiger partial charge is 0.339 e. The minimum absolute atomic E-state index is 0.0521. The van der Waals surface area contributed by atoms with Gasteiger partial charge in [-0.1, -0.05) is 60.1 Å². The van der Waals surface area contributed by atoms with Gasteiger partial charge in [-0.05, 0) is 48.9 Å². The Hall–Kier alpha value is -2.39. The van der Waals surface area contributed by atoms with Crippen molar-refractivity contribution in [3.8, 4) is 0 Å². The summed E-state index contributed by atoms with van der Waals surface area (Å²) in [5.41, 5.74) is 2.51. The van der Waals surface area contributed by atoms with Gasteiger partial charge in [0.05, 0.1) is 30.9 Å². The van der Waals surface area contributed by atoms with Crippen molar-refractivity contribution in [1.82, 2.24) is 0 Å². The highest BCUT2D eigenvalue weighted by Crippen LogP contribution is 2.76. The molecule has 1 fully saturated rings. The fraction of sp³-hybridized carbons (Fsp3) is 0.208. The van der Waals surface area contributed by atoms with Gasteiger partial charge in [-0.2, -0.15) is 0 Å². The lowest BCUT2D eigenvalue weighted by molar-refractivity contribution is -0.117. The Balaban J connectivity index is 1.88. The van der Waals surface area contributed by atoms with E-state index in [9.17, 15) is 9.69 Å². The van der Waals surface area contributed by atoms with Crippen LogP contribution in [-0.2, 0) is 4.79 Å². The van der Waals surface area contributed by atoms with Gasteiger partial charge in [-0.25, -0.2) is 14.2 Å². The van der Waals surface area contributed by atoms with Crippen LogP contribution in [0.5, 0.6) is 0 Å². The van der Waals surface area contributed by atoms with Crippen LogP contribution in [0.1, 0.15) is 24.6 Å². The van der Waals surface area contributed by atoms with Gasteiger partial charge < -0.3 is 0 Å². The van der Waals surface area contributed by atoms with E-state index in [4.69, 9.17) is 11.6 Å². The third-order valence-corrected chi connectivity index (χ3v) is 9.35. The van der Waals surface area contributed by atoms with Crippen molar-refractivity contribution in [2.75, 3.05) is 22.4 Å². The number of halogens is 1. The first-order valence-electron chi connectivity index (χ1n) is 10.0. The van der Waals surface area contributed by atoms with Crippen LogP contribution in [0.2, 0.25) is 5.02 Å². The van der Waals surface area contributed by atoms with Gasteiger partial charge in [-0.3, -0.25) is 4.79 Å². The molecule has 0 radical (unpaired) electrons. The molecule has 4 rings (SSSR count). The van der Waals surface area contributed by atoms with Crippen molar-refractivity contribution in [2.24, 2.45) is 0 Å². The molecule has 1 N–H and O–H groups in total. The highest BCUT2D eigenvalue weighted by atomic mass is 35.5. The first-order valence-corrected chi connectivity index (χ1v) is 12.1. The maximum atomic E-state index is 12.5. The van der Waals surface area contributed by atoms with Crippen LogP contribution in [0.15, 0.2) is 84.9 Å². The van der Waals surface area contributed by atoms with Crippen molar-refractivity contribution in [2.45, 2.75) is 19.0 Å². The first-order chi connectivity index (χ1) is 14.5. The second-order valence-corrected chi connectivity index (χ2v) is 10.8. The minimum atomic E-state index is -2.98. The number of carbonyl (C=O) groups is 1. The molecule has 0 aliphatic carbocycles. The molecule has 0 amide bonds. The molecule has 4 nitrogen and oxygen atoms in total. The zero-order valence-corrected chi connectivity index (χ0v) is 18.5. The molecule has 3 aromatic carbocycles. The van der Waals surface area contributed by atoms with E-state index in [1.165, 1.54) is 0 Å². The molecule has 1 unspecified atom stereocenters. The lowest BCUT2D eigenvalue weighted by Crippen LogP contribution is -2.30. The van der Waals surface area contributed by atoms with Crippen molar-refractivity contribution >= 4 is 36.5 Å². The Bertz CT molecular complexity index is 951. The highest BCUT2D eigenvalue weighted by molar-refractivity contribution is 7.74. The molecule has 30 heavy (non-hydrogen) atoms. The van der Waals surface area contributed by atoms with Crippen LogP contribution in [-0.4, -0.2) is 23.8 Å². The number of para-hydroxylation sites is 2.